The lowest BCUT2D eigenvalue weighted by Gasteiger charge is -2.16. The van der Waals surface area contributed by atoms with Crippen LogP contribution in [0.1, 0.15) is 0 Å². The first-order valence-corrected chi connectivity index (χ1v) is 11.3. The van der Waals surface area contributed by atoms with Crippen LogP contribution < -0.4 is 37.3 Å². The van der Waals surface area contributed by atoms with E-state index in [0.717, 1.165) is 45.1 Å². The molecule has 0 atom stereocenters. The molecule has 0 aromatic heterocycles. The van der Waals surface area contributed by atoms with Gasteiger partial charge in [-0.25, -0.2) is 0 Å². The number of hydrogen-bond acceptors (Lipinski definition) is 8. The van der Waals surface area contributed by atoms with Crippen LogP contribution in [0.3, 0.4) is 0 Å². The van der Waals surface area contributed by atoms with Crippen LogP contribution >= 0.6 is 0 Å². The normalized spacial score (nSPS) is 10.1. The van der Waals surface area contributed by atoms with Gasteiger partial charge < -0.3 is 42.4 Å². The zero-order valence-electron chi connectivity index (χ0n) is 20.9. The minimum absolute atomic E-state index is 0.179. The third kappa shape index (κ3) is 5.67. The minimum Gasteiger partial charge on any atom is -0.508 e. The molecule has 0 bridgehead atoms. The van der Waals surface area contributed by atoms with Crippen molar-refractivity contribution in [2.45, 2.75) is 0 Å². The van der Waals surface area contributed by atoms with E-state index in [1.54, 1.807) is 32.4 Å². The molecule has 4 aromatic carbocycles. The predicted molar refractivity (Wildman–Crippen MR) is 151 cm³/mol. The number of ether oxygens (including phenoxy) is 2. The molecule has 0 spiro atoms. The summed E-state index contributed by atoms with van der Waals surface area (Å²) in [6.45, 7) is 0. The maximum Gasteiger partial charge on any atom is 0.130 e. The predicted octanol–water partition coefficient (Wildman–Crippen LogP) is 5.26. The van der Waals surface area contributed by atoms with Gasteiger partial charge >= 0.3 is 0 Å². The van der Waals surface area contributed by atoms with Crippen LogP contribution in [0, 0.1) is 0 Å². The van der Waals surface area contributed by atoms with Crippen LogP contribution in [-0.4, -0.2) is 33.4 Å². The molecule has 0 unspecified atom stereocenters. The summed E-state index contributed by atoms with van der Waals surface area (Å²) < 4.78 is 10.9. The molecule has 0 aliphatic rings. The Morgan fingerprint density at radius 1 is 0.639 bits per heavy atom. The molecular weight excluding hydrogens is 454 g/mol. The fourth-order valence-corrected chi connectivity index (χ4v) is 3.88. The second-order valence-corrected chi connectivity index (χ2v) is 7.92. The Balaban J connectivity index is 0.000000202. The van der Waals surface area contributed by atoms with Crippen molar-refractivity contribution in [3.8, 4) is 39.5 Å². The fraction of sp³-hybridized carbons (Fsp3) is 0.143. The van der Waals surface area contributed by atoms with Crippen molar-refractivity contribution in [2.75, 3.05) is 56.1 Å². The number of phenols is 1. The molecule has 4 rings (SSSR count). The van der Waals surface area contributed by atoms with Gasteiger partial charge in [-0.1, -0.05) is 6.07 Å². The summed E-state index contributed by atoms with van der Waals surface area (Å²) in [6, 6.07) is 21.8. The highest BCUT2D eigenvalue weighted by molar-refractivity contribution is 5.88. The third-order valence-corrected chi connectivity index (χ3v) is 5.65. The van der Waals surface area contributed by atoms with E-state index in [2.05, 4.69) is 10.6 Å². The zero-order valence-corrected chi connectivity index (χ0v) is 20.9. The summed E-state index contributed by atoms with van der Waals surface area (Å²) in [5.41, 5.74) is 24.9. The van der Waals surface area contributed by atoms with E-state index in [-0.39, 0.29) is 5.75 Å². The number of anilines is 5. The Kier molecular flexibility index (Phi) is 8.35. The SMILES string of the molecule is CNc1ccc(N)cc1-c1c(OC)cccc1OC.CNc1ccc(N)cc1-c1cc(O)ccc1N. The van der Waals surface area contributed by atoms with Crippen molar-refractivity contribution < 1.29 is 14.6 Å². The summed E-state index contributed by atoms with van der Waals surface area (Å²) in [4.78, 5) is 0. The van der Waals surface area contributed by atoms with Gasteiger partial charge in [-0.2, -0.15) is 0 Å². The Morgan fingerprint density at radius 3 is 1.69 bits per heavy atom. The van der Waals surface area contributed by atoms with Crippen molar-refractivity contribution in [2.24, 2.45) is 0 Å². The maximum absolute atomic E-state index is 9.52. The number of rotatable bonds is 6. The smallest absolute Gasteiger partial charge is 0.130 e. The molecular formula is C28H33N5O3. The fourth-order valence-electron chi connectivity index (χ4n) is 3.88. The van der Waals surface area contributed by atoms with Gasteiger partial charge in [-0.3, -0.25) is 0 Å². The Bertz CT molecular complexity index is 1320. The molecule has 36 heavy (non-hydrogen) atoms. The first kappa shape index (κ1) is 25.9. The molecule has 0 heterocycles. The number of nitrogen functional groups attached to an aromatic ring is 3. The van der Waals surface area contributed by atoms with E-state index in [1.807, 2.05) is 68.7 Å². The molecule has 0 radical (unpaired) electrons. The highest BCUT2D eigenvalue weighted by atomic mass is 16.5. The highest BCUT2D eigenvalue weighted by Crippen LogP contribution is 2.42. The Labute approximate surface area is 211 Å². The highest BCUT2D eigenvalue weighted by Gasteiger charge is 2.15. The van der Waals surface area contributed by atoms with Gasteiger partial charge in [0.2, 0.25) is 0 Å². The minimum atomic E-state index is 0.179. The van der Waals surface area contributed by atoms with Crippen molar-refractivity contribution in [3.05, 3.63) is 72.8 Å². The van der Waals surface area contributed by atoms with E-state index in [4.69, 9.17) is 26.7 Å². The first-order valence-electron chi connectivity index (χ1n) is 11.3. The Morgan fingerprint density at radius 2 is 1.17 bits per heavy atom. The first-order chi connectivity index (χ1) is 17.3. The number of benzene rings is 4. The molecule has 0 aliphatic carbocycles. The zero-order chi connectivity index (χ0) is 26.2. The van der Waals surface area contributed by atoms with Crippen molar-refractivity contribution in [1.82, 2.24) is 0 Å². The van der Waals surface area contributed by atoms with Gasteiger partial charge in [0, 0.05) is 59.2 Å². The van der Waals surface area contributed by atoms with E-state index >= 15 is 0 Å². The number of phenolic OH excluding ortho intramolecular Hbond substituents is 1. The maximum atomic E-state index is 9.52. The number of nitrogens with one attached hydrogen (secondary N) is 2. The van der Waals surface area contributed by atoms with Crippen LogP contribution in [0.2, 0.25) is 0 Å². The standard InChI is InChI=1S/C15H18N2O2.C13H15N3O/c1-17-12-8-7-10(16)9-11(12)15-13(18-2)5-4-6-14(15)19-3;1-16-13-5-2-8(14)6-11(13)10-7-9(17)3-4-12(10)15/h4-9,17H,16H2,1-3H3;2-7,16-17H,14-15H2,1H3. The van der Waals surface area contributed by atoms with Gasteiger partial charge in [-0.05, 0) is 66.7 Å². The number of nitrogens with two attached hydrogens (primary N) is 3. The van der Waals surface area contributed by atoms with E-state index < -0.39 is 0 Å². The summed E-state index contributed by atoms with van der Waals surface area (Å²) in [5.74, 6) is 1.68. The van der Waals surface area contributed by atoms with Crippen LogP contribution in [0.4, 0.5) is 28.4 Å². The lowest BCUT2D eigenvalue weighted by molar-refractivity contribution is 0.397. The Hall–Kier alpha value is -4.72. The molecule has 0 aliphatic heterocycles. The number of aromatic hydroxyl groups is 1. The molecule has 0 saturated heterocycles. The average Bonchev–Trinajstić information content (AvgIpc) is 2.89. The largest absolute Gasteiger partial charge is 0.508 e. The molecule has 4 aromatic rings. The van der Waals surface area contributed by atoms with Gasteiger partial charge in [0.05, 0.1) is 19.8 Å². The second kappa shape index (κ2) is 11.6. The van der Waals surface area contributed by atoms with Crippen LogP contribution in [-0.2, 0) is 0 Å². The van der Waals surface area contributed by atoms with Gasteiger partial charge in [0.1, 0.15) is 17.2 Å². The van der Waals surface area contributed by atoms with Crippen LogP contribution in [0.5, 0.6) is 17.2 Å². The van der Waals surface area contributed by atoms with Crippen molar-refractivity contribution in [3.63, 3.8) is 0 Å². The molecule has 8 heteroatoms. The van der Waals surface area contributed by atoms with Gasteiger partial charge in [0.25, 0.3) is 0 Å². The quantitative estimate of drug-likeness (QED) is 0.160. The lowest BCUT2D eigenvalue weighted by atomic mass is 10.0. The van der Waals surface area contributed by atoms with Crippen molar-refractivity contribution in [1.29, 1.82) is 0 Å². The summed E-state index contributed by atoms with van der Waals surface area (Å²) in [6.07, 6.45) is 0. The molecule has 9 N–H and O–H groups in total. The summed E-state index contributed by atoms with van der Waals surface area (Å²) >= 11 is 0. The molecule has 0 fully saturated rings. The van der Waals surface area contributed by atoms with E-state index in [0.29, 0.717) is 17.1 Å². The van der Waals surface area contributed by atoms with Crippen molar-refractivity contribution >= 4 is 28.4 Å². The van der Waals surface area contributed by atoms with Gasteiger partial charge in [-0.15, -0.1) is 0 Å². The number of hydrogen-bond donors (Lipinski definition) is 6. The average molecular weight is 488 g/mol. The third-order valence-electron chi connectivity index (χ3n) is 5.65. The molecule has 0 amide bonds. The number of methoxy groups -OCH3 is 2. The van der Waals surface area contributed by atoms with Crippen LogP contribution in [0.15, 0.2) is 72.8 Å². The summed E-state index contributed by atoms with van der Waals surface area (Å²) in [7, 11) is 6.98. The topological polar surface area (TPSA) is 141 Å². The second-order valence-electron chi connectivity index (χ2n) is 7.92. The van der Waals surface area contributed by atoms with Crippen LogP contribution in [0.25, 0.3) is 22.3 Å². The molecule has 188 valence electrons. The molecule has 8 nitrogen and oxygen atoms in total. The molecule has 0 saturated carbocycles. The van der Waals surface area contributed by atoms with Gasteiger partial charge in [0.15, 0.2) is 0 Å². The monoisotopic (exact) mass is 487 g/mol. The van der Waals surface area contributed by atoms with E-state index in [1.165, 1.54) is 0 Å². The summed E-state index contributed by atoms with van der Waals surface area (Å²) in [5, 5.41) is 15.8. The van der Waals surface area contributed by atoms with E-state index in [9.17, 15) is 5.11 Å². The lowest BCUT2D eigenvalue weighted by Crippen LogP contribution is -1.98.